The smallest absolute Gasteiger partial charge is 0.234 e. The van der Waals surface area contributed by atoms with Gasteiger partial charge in [0.05, 0.1) is 19.8 Å². The van der Waals surface area contributed by atoms with Crippen LogP contribution in [0.2, 0.25) is 0 Å². The van der Waals surface area contributed by atoms with Gasteiger partial charge in [-0.1, -0.05) is 0 Å². The van der Waals surface area contributed by atoms with Gasteiger partial charge < -0.3 is 14.6 Å². The highest BCUT2D eigenvalue weighted by Gasteiger charge is 2.33. The first-order chi connectivity index (χ1) is 8.51. The van der Waals surface area contributed by atoms with Gasteiger partial charge >= 0.3 is 0 Å². The third-order valence-corrected chi connectivity index (χ3v) is 2.91. The molecule has 5 nitrogen and oxygen atoms in total. The first-order valence-corrected chi connectivity index (χ1v) is 5.26. The number of carbonyl (C=O) groups excluding carboxylic acids is 2. The highest BCUT2D eigenvalue weighted by Crippen LogP contribution is 2.37. The van der Waals surface area contributed by atoms with Gasteiger partial charge in [-0.15, -0.1) is 0 Å². The summed E-state index contributed by atoms with van der Waals surface area (Å²) in [6.07, 6.45) is 0. The molecular weight excluding hydrogens is 237 g/mol. The Kier molecular flexibility index (Phi) is 2.82. The van der Waals surface area contributed by atoms with Crippen LogP contribution in [0.4, 0.5) is 0 Å². The maximum Gasteiger partial charge on any atom is 0.234 e. The number of allylic oxidation sites excluding steroid dienone is 1. The molecule has 1 aliphatic carbocycles. The van der Waals surface area contributed by atoms with Crippen molar-refractivity contribution in [3.05, 3.63) is 28.8 Å². The van der Waals surface area contributed by atoms with Crippen molar-refractivity contribution >= 4 is 17.3 Å². The number of benzene rings is 1. The van der Waals surface area contributed by atoms with Gasteiger partial charge in [0.2, 0.25) is 11.6 Å². The van der Waals surface area contributed by atoms with Crippen LogP contribution in [0.1, 0.15) is 22.8 Å². The molecule has 0 amide bonds. The lowest BCUT2D eigenvalue weighted by Crippen LogP contribution is -2.23. The van der Waals surface area contributed by atoms with Gasteiger partial charge in [0.15, 0.2) is 0 Å². The van der Waals surface area contributed by atoms with E-state index in [1.165, 1.54) is 27.2 Å². The van der Waals surface area contributed by atoms with Crippen molar-refractivity contribution in [3.8, 4) is 11.5 Å². The summed E-state index contributed by atoms with van der Waals surface area (Å²) in [6.45, 7) is 1.40. The second kappa shape index (κ2) is 4.18. The van der Waals surface area contributed by atoms with Crippen molar-refractivity contribution in [2.75, 3.05) is 14.2 Å². The number of aliphatic hydroxyl groups is 1. The first kappa shape index (κ1) is 12.2. The van der Waals surface area contributed by atoms with Crippen molar-refractivity contribution in [1.82, 2.24) is 0 Å². The highest BCUT2D eigenvalue weighted by atomic mass is 16.5. The van der Waals surface area contributed by atoms with E-state index in [2.05, 4.69) is 0 Å². The highest BCUT2D eigenvalue weighted by molar-refractivity contribution is 6.52. The Bertz CT molecular complexity index is 583. The summed E-state index contributed by atoms with van der Waals surface area (Å²) < 4.78 is 10.1. The Balaban J connectivity index is 2.81. The van der Waals surface area contributed by atoms with E-state index in [4.69, 9.17) is 9.47 Å². The molecule has 0 saturated carbocycles. The molecule has 0 aromatic heterocycles. The maximum absolute atomic E-state index is 11.9. The molecule has 0 spiro atoms. The van der Waals surface area contributed by atoms with Crippen LogP contribution < -0.4 is 9.47 Å². The molecule has 0 radical (unpaired) electrons. The number of aliphatic hydroxyl groups excluding tert-OH is 1. The standard InChI is InChI=1S/C13H12O5/c1-6-11(14)10-8(13(16)12(6)15)4-7(17-2)5-9(10)18-3/h4-5,14H,1-3H3/i6+1. The molecule has 0 fully saturated rings. The largest absolute Gasteiger partial charge is 0.507 e. The number of ether oxygens (including phenoxy) is 2. The van der Waals surface area contributed by atoms with Crippen LogP contribution in [0.25, 0.3) is 5.76 Å². The van der Waals surface area contributed by atoms with Gasteiger partial charge in [-0.3, -0.25) is 9.59 Å². The summed E-state index contributed by atoms with van der Waals surface area (Å²) in [5, 5.41) is 9.98. The minimum absolute atomic E-state index is 0.0240. The van der Waals surface area contributed by atoms with Crippen LogP contribution in [0.15, 0.2) is 17.7 Å². The third kappa shape index (κ3) is 1.55. The van der Waals surface area contributed by atoms with E-state index in [9.17, 15) is 14.7 Å². The van der Waals surface area contributed by atoms with Crippen LogP contribution in [-0.2, 0) is 4.79 Å². The Labute approximate surface area is 104 Å². The van der Waals surface area contributed by atoms with Crippen LogP contribution >= 0.6 is 0 Å². The van der Waals surface area contributed by atoms with Crippen molar-refractivity contribution in [2.24, 2.45) is 0 Å². The number of methoxy groups -OCH3 is 2. The molecule has 0 atom stereocenters. The first-order valence-electron chi connectivity index (χ1n) is 5.26. The van der Waals surface area contributed by atoms with Gasteiger partial charge in [0.25, 0.3) is 0 Å². The maximum atomic E-state index is 11.9. The van der Waals surface area contributed by atoms with E-state index in [1.807, 2.05) is 0 Å². The summed E-state index contributed by atoms with van der Waals surface area (Å²) in [4.78, 5) is 23.6. The number of fused-ring (bicyclic) bond motifs is 1. The van der Waals surface area contributed by atoms with E-state index >= 15 is 0 Å². The fraction of sp³-hybridized carbons (Fsp3) is 0.231. The summed E-state index contributed by atoms with van der Waals surface area (Å²) in [7, 11) is 2.86. The molecule has 0 bridgehead atoms. The fourth-order valence-electron chi connectivity index (χ4n) is 1.88. The quantitative estimate of drug-likeness (QED) is 0.638. The van der Waals surface area contributed by atoms with E-state index in [0.29, 0.717) is 11.5 Å². The topological polar surface area (TPSA) is 72.8 Å². The van der Waals surface area contributed by atoms with Crippen molar-refractivity contribution in [3.63, 3.8) is 0 Å². The molecule has 5 heteroatoms. The number of Topliss-reactive ketones (excluding diaryl/α,β-unsaturated/α-hetero) is 2. The minimum Gasteiger partial charge on any atom is -0.507 e. The number of rotatable bonds is 2. The zero-order chi connectivity index (χ0) is 13.4. The molecular formula is C13H12O5. The van der Waals surface area contributed by atoms with Crippen LogP contribution in [0.3, 0.4) is 0 Å². The second-order valence-corrected chi connectivity index (χ2v) is 3.88. The summed E-state index contributed by atoms with van der Waals surface area (Å²) >= 11 is 0. The fourth-order valence-corrected chi connectivity index (χ4v) is 1.88. The average molecular weight is 249 g/mol. The predicted octanol–water partition coefficient (Wildman–Crippen LogP) is 1.76. The third-order valence-electron chi connectivity index (χ3n) is 2.91. The zero-order valence-corrected chi connectivity index (χ0v) is 10.2. The number of hydrogen-bond acceptors (Lipinski definition) is 5. The molecule has 0 heterocycles. The van der Waals surface area contributed by atoms with Crippen molar-refractivity contribution < 1.29 is 24.2 Å². The Hall–Kier alpha value is -2.30. The van der Waals surface area contributed by atoms with Crippen LogP contribution in [-0.4, -0.2) is 30.9 Å². The molecule has 0 aliphatic heterocycles. The lowest BCUT2D eigenvalue weighted by atomic mass is 9.95. The second-order valence-electron chi connectivity index (χ2n) is 3.88. The summed E-state index contributed by atoms with van der Waals surface area (Å²) in [5.74, 6) is -0.928. The Morgan fingerprint density at radius 3 is 2.28 bits per heavy atom. The molecule has 1 aromatic carbocycles. The molecule has 18 heavy (non-hydrogen) atoms. The molecule has 2 rings (SSSR count). The molecule has 0 unspecified atom stereocenters. The van der Waals surface area contributed by atoms with Crippen LogP contribution in [0, 0.1) is 0 Å². The van der Waals surface area contributed by atoms with Gasteiger partial charge in [-0.2, -0.15) is 0 Å². The number of ketones is 2. The van der Waals surface area contributed by atoms with Gasteiger partial charge in [-0.25, -0.2) is 0 Å². The summed E-state index contributed by atoms with van der Waals surface area (Å²) in [6, 6.07) is 2.96. The van der Waals surface area contributed by atoms with E-state index in [1.54, 1.807) is 6.07 Å². The van der Waals surface area contributed by atoms with Crippen molar-refractivity contribution in [1.29, 1.82) is 0 Å². The SMILES string of the molecule is COc1cc(OC)c2c(c1)C(=O)C(=O)[13C](C)=C2O. The van der Waals surface area contributed by atoms with E-state index < -0.39 is 11.6 Å². The van der Waals surface area contributed by atoms with Gasteiger partial charge in [0.1, 0.15) is 17.3 Å². The average Bonchev–Trinajstić information content (AvgIpc) is 2.41. The number of hydrogen-bond donors (Lipinski definition) is 1. The van der Waals surface area contributed by atoms with Crippen molar-refractivity contribution in [2.45, 2.75) is 6.92 Å². The molecule has 1 N–H and O–H groups in total. The van der Waals surface area contributed by atoms with Crippen LogP contribution in [0.5, 0.6) is 11.5 Å². The van der Waals surface area contributed by atoms with E-state index in [0.717, 1.165) is 0 Å². The molecule has 1 aromatic rings. The van der Waals surface area contributed by atoms with Gasteiger partial charge in [0, 0.05) is 17.2 Å². The molecule has 94 valence electrons. The number of carbonyl (C=O) groups is 2. The Morgan fingerprint density at radius 2 is 1.72 bits per heavy atom. The normalized spacial score (nSPS) is 14.6. The van der Waals surface area contributed by atoms with E-state index in [-0.39, 0.29) is 22.5 Å². The predicted molar refractivity (Wildman–Crippen MR) is 64.1 cm³/mol. The Morgan fingerprint density at radius 1 is 1.06 bits per heavy atom. The lowest BCUT2D eigenvalue weighted by Gasteiger charge is -2.19. The molecule has 1 aliphatic rings. The summed E-state index contributed by atoms with van der Waals surface area (Å²) in [5.41, 5.74) is 0.357. The minimum atomic E-state index is -0.713. The lowest BCUT2D eigenvalue weighted by molar-refractivity contribution is -0.111. The zero-order valence-electron chi connectivity index (χ0n) is 10.2. The monoisotopic (exact) mass is 249 g/mol. The molecule has 0 saturated heterocycles. The van der Waals surface area contributed by atoms with Gasteiger partial charge in [-0.05, 0) is 13.0 Å².